The lowest BCUT2D eigenvalue weighted by Gasteiger charge is -1.96. The molecule has 0 unspecified atom stereocenters. The van der Waals surface area contributed by atoms with Gasteiger partial charge in [-0.1, -0.05) is 30.3 Å². The third kappa shape index (κ3) is 2.59. The molecule has 3 aromatic rings. The number of azo groups is 1. The van der Waals surface area contributed by atoms with Gasteiger partial charge in [-0.15, -0.1) is 10.2 Å². The van der Waals surface area contributed by atoms with Crippen molar-refractivity contribution < 1.29 is 15.6 Å². The van der Waals surface area contributed by atoms with Crippen LogP contribution in [0.1, 0.15) is 15.9 Å². The zero-order valence-corrected chi connectivity index (χ0v) is 11.8. The minimum Gasteiger partial charge on any atom is -0.493 e. The first kappa shape index (κ1) is 14.0. The highest BCUT2D eigenvalue weighted by atomic mass is 16.3. The maximum absolute atomic E-state index is 12.0. The van der Waals surface area contributed by atoms with E-state index in [4.69, 9.17) is 0 Å². The summed E-state index contributed by atoms with van der Waals surface area (Å²) in [5, 5.41) is 18.2. The van der Waals surface area contributed by atoms with Crippen LogP contribution in [0.25, 0.3) is 10.9 Å². The van der Waals surface area contributed by atoms with Crippen molar-refractivity contribution in [1.82, 2.24) is 4.98 Å². The molecule has 2 aromatic carbocycles. The number of aromatic hydroxyl groups is 1. The minimum atomic E-state index is -0.458. The van der Waals surface area contributed by atoms with Gasteiger partial charge in [-0.05, 0) is 18.2 Å². The molecule has 3 rings (SSSR count). The van der Waals surface area contributed by atoms with Crippen molar-refractivity contribution in [2.24, 2.45) is 10.2 Å². The fraction of sp³-hybridized carbons (Fsp3) is 0.0625. The van der Waals surface area contributed by atoms with Gasteiger partial charge in [0.1, 0.15) is 0 Å². The summed E-state index contributed by atoms with van der Waals surface area (Å²) in [5.74, 6) is -0.564. The number of quaternary nitrogens is 1. The van der Waals surface area contributed by atoms with Crippen LogP contribution in [0.4, 0.5) is 5.69 Å². The smallest absolute Gasteiger partial charge is 0.295 e. The number of aromatic amines is 1. The van der Waals surface area contributed by atoms with E-state index in [1.54, 1.807) is 18.2 Å². The Balaban J connectivity index is 1.88. The predicted octanol–water partition coefficient (Wildman–Crippen LogP) is 2.54. The van der Waals surface area contributed by atoms with Gasteiger partial charge in [-0.25, -0.2) is 0 Å². The molecule has 0 bridgehead atoms. The molecule has 0 atom stereocenters. The standard InChI is InChI=1S/C16H14N4O2/c17-9-10-5-7-11(8-6-10)15(21)20-19-14-12-3-1-2-4-13(12)18-16(14)22/h1-8,18,22H,9,17H2/p+1. The number of fused-ring (bicyclic) bond motifs is 1. The number of hydrogen-bond acceptors (Lipinski definition) is 3. The minimum absolute atomic E-state index is 0.106. The number of benzene rings is 2. The molecule has 6 heteroatoms. The van der Waals surface area contributed by atoms with Crippen LogP contribution in [0.2, 0.25) is 0 Å². The third-order valence-corrected chi connectivity index (χ3v) is 3.39. The number of nitrogens with one attached hydrogen (secondary N) is 1. The lowest BCUT2D eigenvalue weighted by atomic mass is 10.1. The first-order chi connectivity index (χ1) is 10.7. The van der Waals surface area contributed by atoms with Crippen molar-refractivity contribution in [2.75, 3.05) is 0 Å². The molecule has 0 saturated carbocycles. The second-order valence-electron chi connectivity index (χ2n) is 4.82. The Morgan fingerprint density at radius 2 is 1.86 bits per heavy atom. The van der Waals surface area contributed by atoms with Crippen LogP contribution in [0, 0.1) is 0 Å². The lowest BCUT2D eigenvalue weighted by molar-refractivity contribution is -0.386. The molecule has 1 aromatic heterocycles. The second kappa shape index (κ2) is 5.79. The van der Waals surface area contributed by atoms with E-state index in [0.717, 1.165) is 11.1 Å². The van der Waals surface area contributed by atoms with Gasteiger partial charge in [-0.2, -0.15) is 0 Å². The molecule has 22 heavy (non-hydrogen) atoms. The number of aromatic nitrogens is 1. The van der Waals surface area contributed by atoms with Gasteiger partial charge in [0, 0.05) is 16.5 Å². The molecule has 1 amide bonds. The maximum Gasteiger partial charge on any atom is 0.295 e. The highest BCUT2D eigenvalue weighted by molar-refractivity contribution is 5.96. The van der Waals surface area contributed by atoms with Gasteiger partial charge in [0.15, 0.2) is 5.69 Å². The number of carbonyl (C=O) groups is 1. The topological polar surface area (TPSA) is 105 Å². The van der Waals surface area contributed by atoms with Crippen molar-refractivity contribution >= 4 is 22.5 Å². The van der Waals surface area contributed by atoms with Gasteiger partial charge in [0.2, 0.25) is 5.88 Å². The van der Waals surface area contributed by atoms with E-state index < -0.39 is 5.91 Å². The van der Waals surface area contributed by atoms with Crippen LogP contribution < -0.4 is 5.73 Å². The molecular formula is C16H15N4O2+. The number of amides is 1. The van der Waals surface area contributed by atoms with Crippen LogP contribution in [-0.2, 0) is 6.54 Å². The highest BCUT2D eigenvalue weighted by Crippen LogP contribution is 2.35. The normalized spacial score (nSPS) is 11.3. The molecule has 0 spiro atoms. The zero-order valence-electron chi connectivity index (χ0n) is 11.8. The number of rotatable bonds is 3. The molecule has 0 saturated heterocycles. The summed E-state index contributed by atoms with van der Waals surface area (Å²) in [6, 6.07) is 14.3. The average Bonchev–Trinajstić information content (AvgIpc) is 2.88. The third-order valence-electron chi connectivity index (χ3n) is 3.39. The van der Waals surface area contributed by atoms with E-state index in [0.29, 0.717) is 17.5 Å². The largest absolute Gasteiger partial charge is 0.493 e. The summed E-state index contributed by atoms with van der Waals surface area (Å²) in [4.78, 5) is 14.8. The van der Waals surface area contributed by atoms with Crippen molar-refractivity contribution in [3.8, 4) is 5.88 Å². The number of nitrogens with zero attached hydrogens (tertiary/aromatic N) is 2. The van der Waals surface area contributed by atoms with Crippen molar-refractivity contribution in [3.63, 3.8) is 0 Å². The highest BCUT2D eigenvalue weighted by Gasteiger charge is 2.11. The SMILES string of the molecule is [NH3+]Cc1ccc(C(=O)N=Nc2c(O)[nH]c3ccccc23)cc1. The summed E-state index contributed by atoms with van der Waals surface area (Å²) < 4.78 is 0. The summed E-state index contributed by atoms with van der Waals surface area (Å²) in [5.41, 5.74) is 6.27. The van der Waals surface area contributed by atoms with E-state index in [1.807, 2.05) is 30.3 Å². The van der Waals surface area contributed by atoms with Crippen LogP contribution in [0.3, 0.4) is 0 Å². The van der Waals surface area contributed by atoms with Gasteiger partial charge in [-0.3, -0.25) is 4.79 Å². The van der Waals surface area contributed by atoms with Gasteiger partial charge < -0.3 is 15.8 Å². The van der Waals surface area contributed by atoms with E-state index in [2.05, 4.69) is 20.9 Å². The van der Waals surface area contributed by atoms with E-state index in [-0.39, 0.29) is 11.6 Å². The molecular weight excluding hydrogens is 280 g/mol. The van der Waals surface area contributed by atoms with Crippen molar-refractivity contribution in [2.45, 2.75) is 6.54 Å². The summed E-state index contributed by atoms with van der Waals surface area (Å²) in [6.45, 7) is 0.666. The quantitative estimate of drug-likeness (QED) is 0.646. The Kier molecular flexibility index (Phi) is 3.67. The molecule has 5 N–H and O–H groups in total. The summed E-state index contributed by atoms with van der Waals surface area (Å²) in [7, 11) is 0. The predicted molar refractivity (Wildman–Crippen MR) is 81.8 cm³/mol. The fourth-order valence-corrected chi connectivity index (χ4v) is 2.18. The molecule has 0 aliphatic carbocycles. The Bertz CT molecular complexity index is 850. The molecule has 1 heterocycles. The van der Waals surface area contributed by atoms with Crippen LogP contribution >= 0.6 is 0 Å². The Morgan fingerprint density at radius 1 is 1.14 bits per heavy atom. The molecule has 6 nitrogen and oxygen atoms in total. The van der Waals surface area contributed by atoms with Crippen LogP contribution in [-0.4, -0.2) is 16.0 Å². The Labute approximate surface area is 126 Å². The fourth-order valence-electron chi connectivity index (χ4n) is 2.18. The lowest BCUT2D eigenvalue weighted by Crippen LogP contribution is -2.47. The summed E-state index contributed by atoms with van der Waals surface area (Å²) >= 11 is 0. The first-order valence-corrected chi connectivity index (χ1v) is 6.83. The second-order valence-corrected chi connectivity index (χ2v) is 4.82. The van der Waals surface area contributed by atoms with Crippen molar-refractivity contribution in [3.05, 3.63) is 59.7 Å². The Morgan fingerprint density at radius 3 is 2.59 bits per heavy atom. The van der Waals surface area contributed by atoms with Gasteiger partial charge in [0.25, 0.3) is 5.91 Å². The molecule has 0 aliphatic heterocycles. The first-order valence-electron chi connectivity index (χ1n) is 6.83. The van der Waals surface area contributed by atoms with E-state index in [1.165, 1.54) is 0 Å². The van der Waals surface area contributed by atoms with Crippen molar-refractivity contribution in [1.29, 1.82) is 0 Å². The number of carbonyl (C=O) groups excluding carboxylic acids is 1. The number of hydrogen-bond donors (Lipinski definition) is 3. The van der Waals surface area contributed by atoms with E-state index in [9.17, 15) is 9.90 Å². The monoisotopic (exact) mass is 295 g/mol. The van der Waals surface area contributed by atoms with E-state index >= 15 is 0 Å². The van der Waals surface area contributed by atoms with Gasteiger partial charge in [0.05, 0.1) is 12.1 Å². The van der Waals surface area contributed by atoms with Crippen LogP contribution in [0.15, 0.2) is 58.8 Å². The maximum atomic E-state index is 12.0. The number of para-hydroxylation sites is 1. The van der Waals surface area contributed by atoms with Crippen LogP contribution in [0.5, 0.6) is 5.88 Å². The van der Waals surface area contributed by atoms with Gasteiger partial charge >= 0.3 is 0 Å². The number of H-pyrrole nitrogens is 1. The zero-order chi connectivity index (χ0) is 15.5. The molecule has 0 radical (unpaired) electrons. The summed E-state index contributed by atoms with van der Waals surface area (Å²) in [6.07, 6.45) is 0. The molecule has 110 valence electrons. The molecule has 0 aliphatic rings. The molecule has 0 fully saturated rings. The Hall–Kier alpha value is -2.99. The average molecular weight is 295 g/mol.